The molecule has 0 aliphatic rings. The van der Waals surface area contributed by atoms with Gasteiger partial charge in [-0.2, -0.15) is 0 Å². The Morgan fingerprint density at radius 2 is 1.81 bits per heavy atom. The lowest BCUT2D eigenvalue weighted by Crippen LogP contribution is -2.32. The first-order valence-corrected chi connectivity index (χ1v) is 11.5. The van der Waals surface area contributed by atoms with Gasteiger partial charge in [-0.1, -0.05) is 36.4 Å². The number of alkyl carbamates (subject to hydrolysis) is 1. The van der Waals surface area contributed by atoms with Gasteiger partial charge in [0, 0.05) is 18.5 Å². The summed E-state index contributed by atoms with van der Waals surface area (Å²) in [5.41, 5.74) is 1.78. The molecule has 0 aliphatic carbocycles. The zero-order valence-corrected chi connectivity index (χ0v) is 19.2. The third kappa shape index (κ3) is 9.23. The molecule has 168 valence electrons. The van der Waals surface area contributed by atoms with E-state index in [1.807, 2.05) is 30.3 Å². The number of amides is 1. The fourth-order valence-electron chi connectivity index (χ4n) is 2.70. The number of ether oxygens (including phenoxy) is 2. The minimum absolute atomic E-state index is 0.160. The van der Waals surface area contributed by atoms with Crippen molar-refractivity contribution in [3.63, 3.8) is 0 Å². The van der Waals surface area contributed by atoms with Crippen LogP contribution in [0.1, 0.15) is 37.5 Å². The van der Waals surface area contributed by atoms with Crippen molar-refractivity contribution in [3.05, 3.63) is 70.6 Å². The lowest BCUT2D eigenvalue weighted by atomic mass is 10.1. The third-order valence-corrected chi connectivity index (χ3v) is 5.26. The third-order valence-electron chi connectivity index (χ3n) is 4.16. The Kier molecular flexibility index (Phi) is 8.65. The van der Waals surface area contributed by atoms with Crippen molar-refractivity contribution in [3.8, 4) is 5.75 Å². The first-order valence-electron chi connectivity index (χ1n) is 9.93. The molecule has 2 aromatic rings. The molecule has 0 saturated heterocycles. The molecule has 0 unspecified atom stereocenters. The summed E-state index contributed by atoms with van der Waals surface area (Å²) < 4.78 is 37.7. The number of rotatable bonds is 9. The molecule has 2 rings (SSSR count). The quantitative estimate of drug-likeness (QED) is 0.610. The molecule has 8 heteroatoms. The molecule has 0 atom stereocenters. The molecule has 2 aromatic carbocycles. The topological polar surface area (TPSA) is 93.7 Å². The minimum Gasteiger partial charge on any atom is -0.497 e. The molecule has 0 fully saturated rings. The first kappa shape index (κ1) is 24.4. The van der Waals surface area contributed by atoms with Gasteiger partial charge in [0.15, 0.2) is 0 Å². The lowest BCUT2D eigenvalue weighted by Gasteiger charge is -2.20. The second-order valence-electron chi connectivity index (χ2n) is 7.90. The Bertz CT molecular complexity index is 996. The summed E-state index contributed by atoms with van der Waals surface area (Å²) in [5.74, 6) is 0.599. The summed E-state index contributed by atoms with van der Waals surface area (Å²) >= 11 is 0. The molecule has 0 radical (unpaired) electrons. The highest BCUT2D eigenvalue weighted by Gasteiger charge is 2.16. The Morgan fingerprint density at radius 1 is 1.10 bits per heavy atom. The second kappa shape index (κ2) is 11.0. The number of nitrogens with one attached hydrogen (secondary N) is 2. The van der Waals surface area contributed by atoms with E-state index in [2.05, 4.69) is 10.0 Å². The molecule has 0 aromatic heterocycles. The van der Waals surface area contributed by atoms with E-state index in [0.717, 1.165) is 11.0 Å². The molecule has 31 heavy (non-hydrogen) atoms. The molecule has 0 bridgehead atoms. The smallest absolute Gasteiger partial charge is 0.407 e. The maximum Gasteiger partial charge on any atom is 0.407 e. The maximum atomic E-state index is 12.3. The van der Waals surface area contributed by atoms with E-state index < -0.39 is 21.7 Å². The summed E-state index contributed by atoms with van der Waals surface area (Å²) in [6, 6.07) is 14.9. The zero-order chi connectivity index (χ0) is 22.9. The van der Waals surface area contributed by atoms with Crippen LogP contribution in [0.25, 0.3) is 6.08 Å². The van der Waals surface area contributed by atoms with Gasteiger partial charge in [-0.3, -0.25) is 0 Å². The van der Waals surface area contributed by atoms with Crippen molar-refractivity contribution in [1.29, 1.82) is 0 Å². The molecule has 0 aliphatic heterocycles. The van der Waals surface area contributed by atoms with Gasteiger partial charge in [-0.15, -0.1) is 0 Å². The van der Waals surface area contributed by atoms with Crippen LogP contribution in [0, 0.1) is 0 Å². The predicted molar refractivity (Wildman–Crippen MR) is 122 cm³/mol. The van der Waals surface area contributed by atoms with Crippen LogP contribution < -0.4 is 14.8 Å². The zero-order valence-electron chi connectivity index (χ0n) is 18.3. The Morgan fingerprint density at radius 3 is 2.45 bits per heavy atom. The highest BCUT2D eigenvalue weighted by atomic mass is 32.2. The average Bonchev–Trinajstić information content (AvgIpc) is 2.70. The number of sulfonamides is 1. The van der Waals surface area contributed by atoms with Crippen molar-refractivity contribution in [2.75, 3.05) is 13.7 Å². The van der Waals surface area contributed by atoms with Gasteiger partial charge in [-0.25, -0.2) is 17.9 Å². The predicted octanol–water partition coefficient (Wildman–Crippen LogP) is 3.85. The lowest BCUT2D eigenvalue weighted by molar-refractivity contribution is 0.0523. The fourth-order valence-corrected chi connectivity index (χ4v) is 3.51. The molecule has 0 spiro atoms. The van der Waals surface area contributed by atoms with Crippen molar-refractivity contribution >= 4 is 22.2 Å². The van der Waals surface area contributed by atoms with E-state index >= 15 is 0 Å². The monoisotopic (exact) mass is 446 g/mol. The van der Waals surface area contributed by atoms with Crippen molar-refractivity contribution < 1.29 is 22.7 Å². The van der Waals surface area contributed by atoms with Crippen LogP contribution in [-0.2, 0) is 27.7 Å². The van der Waals surface area contributed by atoms with Crippen molar-refractivity contribution in [1.82, 2.24) is 10.0 Å². The van der Waals surface area contributed by atoms with Crippen LogP contribution in [0.2, 0.25) is 0 Å². The average molecular weight is 447 g/mol. The van der Waals surface area contributed by atoms with Crippen LogP contribution >= 0.6 is 0 Å². The summed E-state index contributed by atoms with van der Waals surface area (Å²) in [4.78, 5) is 12.0. The van der Waals surface area contributed by atoms with Gasteiger partial charge < -0.3 is 14.8 Å². The summed E-state index contributed by atoms with van der Waals surface area (Å²) in [6.07, 6.45) is 1.54. The molecule has 7 nitrogen and oxygen atoms in total. The van der Waals surface area contributed by atoms with Crippen LogP contribution in [-0.4, -0.2) is 33.8 Å². The second-order valence-corrected chi connectivity index (χ2v) is 9.55. The molecule has 1 amide bonds. The van der Waals surface area contributed by atoms with Gasteiger partial charge in [0.2, 0.25) is 10.0 Å². The standard InChI is InChI=1S/C23H30N2O5S/c1-23(2,3)30-22(26)24-17-20-16-21(29-4)11-10-19(20)13-15-31(27,28)25-14-12-18-8-6-5-7-9-18/h5-11,13,15-16,25H,12,14,17H2,1-4H3,(H,24,26)/b15-13+. The van der Waals surface area contributed by atoms with Gasteiger partial charge in [0.25, 0.3) is 0 Å². The van der Waals surface area contributed by atoms with Crippen LogP contribution in [0.3, 0.4) is 0 Å². The van der Waals surface area contributed by atoms with Gasteiger partial charge in [0.05, 0.1) is 7.11 Å². The minimum atomic E-state index is -3.61. The van der Waals surface area contributed by atoms with E-state index in [0.29, 0.717) is 29.8 Å². The van der Waals surface area contributed by atoms with E-state index in [9.17, 15) is 13.2 Å². The molecular weight excluding hydrogens is 416 g/mol. The number of methoxy groups -OCH3 is 1. The number of benzene rings is 2. The Hall–Kier alpha value is -2.84. The van der Waals surface area contributed by atoms with E-state index in [-0.39, 0.29) is 6.54 Å². The summed E-state index contributed by atoms with van der Waals surface area (Å²) in [7, 11) is -2.07. The molecule has 2 N–H and O–H groups in total. The number of hydrogen-bond acceptors (Lipinski definition) is 5. The summed E-state index contributed by atoms with van der Waals surface area (Å²) in [6.45, 7) is 5.80. The Balaban J connectivity index is 2.04. The number of carbonyl (C=O) groups is 1. The Labute approximate surface area is 184 Å². The van der Waals surface area contributed by atoms with Crippen molar-refractivity contribution in [2.24, 2.45) is 0 Å². The van der Waals surface area contributed by atoms with Crippen LogP contribution in [0.5, 0.6) is 5.75 Å². The van der Waals surface area contributed by atoms with Gasteiger partial charge in [0.1, 0.15) is 11.4 Å². The highest BCUT2D eigenvalue weighted by Crippen LogP contribution is 2.20. The van der Waals surface area contributed by atoms with Crippen molar-refractivity contribution in [2.45, 2.75) is 39.3 Å². The normalized spacial score (nSPS) is 12.0. The highest BCUT2D eigenvalue weighted by molar-refractivity contribution is 7.92. The molecule has 0 heterocycles. The van der Waals surface area contributed by atoms with Gasteiger partial charge >= 0.3 is 6.09 Å². The van der Waals surface area contributed by atoms with E-state index in [1.54, 1.807) is 39.0 Å². The molecule has 0 saturated carbocycles. The molecular formula is C23H30N2O5S. The van der Waals surface area contributed by atoms with E-state index in [1.165, 1.54) is 13.2 Å². The summed E-state index contributed by atoms with van der Waals surface area (Å²) in [5, 5.41) is 3.80. The van der Waals surface area contributed by atoms with Crippen LogP contribution in [0.15, 0.2) is 53.9 Å². The SMILES string of the molecule is COc1ccc(/C=C/S(=O)(=O)NCCc2ccccc2)c(CNC(=O)OC(C)(C)C)c1. The van der Waals surface area contributed by atoms with Gasteiger partial charge in [-0.05, 0) is 62.1 Å². The first-order chi connectivity index (χ1) is 14.6. The van der Waals surface area contributed by atoms with Crippen LogP contribution in [0.4, 0.5) is 4.79 Å². The fraction of sp³-hybridized carbons (Fsp3) is 0.348. The largest absolute Gasteiger partial charge is 0.497 e. The maximum absolute atomic E-state index is 12.3. The van der Waals surface area contributed by atoms with E-state index in [4.69, 9.17) is 9.47 Å². The number of carbonyl (C=O) groups excluding carboxylic acids is 1. The number of hydrogen-bond donors (Lipinski definition) is 2.